The molecule has 0 fully saturated rings. The van der Waals surface area contributed by atoms with Crippen molar-refractivity contribution in [3.05, 3.63) is 64.4 Å². The minimum absolute atomic E-state index is 0.0397. The van der Waals surface area contributed by atoms with Crippen LogP contribution >= 0.6 is 11.6 Å². The van der Waals surface area contributed by atoms with Crippen molar-refractivity contribution >= 4 is 17.3 Å². The average Bonchev–Trinajstić information content (AvgIpc) is 2.46. The molecule has 4 heteroatoms. The van der Waals surface area contributed by atoms with Crippen LogP contribution in [0, 0.1) is 5.82 Å². The van der Waals surface area contributed by atoms with Crippen LogP contribution in [0.5, 0.6) is 0 Å². The Morgan fingerprint density at radius 2 is 1.62 bits per heavy atom. The van der Waals surface area contributed by atoms with E-state index < -0.39 is 0 Å². The van der Waals surface area contributed by atoms with Gasteiger partial charge in [0.25, 0.3) is 0 Å². The lowest BCUT2D eigenvalue weighted by Gasteiger charge is -2.28. The molecule has 2 N–H and O–H groups in total. The van der Waals surface area contributed by atoms with Crippen molar-refractivity contribution < 1.29 is 4.39 Å². The largest absolute Gasteiger partial charge is 0.365 e. The molecule has 0 aliphatic heterocycles. The van der Waals surface area contributed by atoms with Gasteiger partial charge in [0.2, 0.25) is 0 Å². The van der Waals surface area contributed by atoms with E-state index in [-0.39, 0.29) is 17.9 Å². The first-order valence-electron chi connectivity index (χ1n) is 6.93. The number of anilines is 1. The van der Waals surface area contributed by atoms with E-state index in [9.17, 15) is 4.39 Å². The Kier molecular flexibility index (Phi) is 4.86. The van der Waals surface area contributed by atoms with Crippen LogP contribution in [-0.2, 0) is 0 Å². The monoisotopic (exact) mass is 306 g/mol. The van der Waals surface area contributed by atoms with E-state index in [1.54, 1.807) is 6.07 Å². The van der Waals surface area contributed by atoms with E-state index in [0.29, 0.717) is 10.7 Å². The SMILES string of the molecule is CC(c1ccc(Cl)cc1)N(C)c1ccc([C@@H](C)N)cc1F. The molecular weight excluding hydrogens is 287 g/mol. The fourth-order valence-electron chi connectivity index (χ4n) is 2.27. The second-order valence-corrected chi connectivity index (χ2v) is 5.77. The number of nitrogens with zero attached hydrogens (tertiary/aromatic N) is 1. The molecule has 112 valence electrons. The smallest absolute Gasteiger partial charge is 0.146 e. The highest BCUT2D eigenvalue weighted by atomic mass is 35.5. The van der Waals surface area contributed by atoms with Crippen molar-refractivity contribution in [2.75, 3.05) is 11.9 Å². The zero-order chi connectivity index (χ0) is 15.6. The van der Waals surface area contributed by atoms with E-state index in [1.165, 1.54) is 6.07 Å². The summed E-state index contributed by atoms with van der Waals surface area (Å²) in [4.78, 5) is 1.91. The van der Waals surface area contributed by atoms with E-state index in [1.807, 2.05) is 56.1 Å². The van der Waals surface area contributed by atoms with Crippen LogP contribution in [0.1, 0.15) is 37.1 Å². The third kappa shape index (κ3) is 3.55. The van der Waals surface area contributed by atoms with Gasteiger partial charge in [0, 0.05) is 18.1 Å². The van der Waals surface area contributed by atoms with Crippen LogP contribution in [0.2, 0.25) is 5.02 Å². The lowest BCUT2D eigenvalue weighted by molar-refractivity contribution is 0.607. The molecule has 2 atom stereocenters. The zero-order valence-electron chi connectivity index (χ0n) is 12.5. The summed E-state index contributed by atoms with van der Waals surface area (Å²) in [5.74, 6) is -0.256. The Morgan fingerprint density at radius 3 is 2.14 bits per heavy atom. The summed E-state index contributed by atoms with van der Waals surface area (Å²) in [6.45, 7) is 3.87. The molecule has 2 nitrogen and oxygen atoms in total. The van der Waals surface area contributed by atoms with Gasteiger partial charge in [0.1, 0.15) is 5.82 Å². The summed E-state index contributed by atoms with van der Waals surface area (Å²) < 4.78 is 14.3. The van der Waals surface area contributed by atoms with Gasteiger partial charge in [-0.05, 0) is 49.2 Å². The van der Waals surface area contributed by atoms with Crippen molar-refractivity contribution in [1.29, 1.82) is 0 Å². The predicted molar refractivity (Wildman–Crippen MR) is 87.3 cm³/mol. The summed E-state index contributed by atoms with van der Waals surface area (Å²) >= 11 is 5.90. The summed E-state index contributed by atoms with van der Waals surface area (Å²) in [6, 6.07) is 12.6. The van der Waals surface area contributed by atoms with Crippen LogP contribution in [0.25, 0.3) is 0 Å². The van der Waals surface area contributed by atoms with Gasteiger partial charge >= 0.3 is 0 Å². The Morgan fingerprint density at radius 1 is 1.05 bits per heavy atom. The number of halogens is 2. The molecule has 21 heavy (non-hydrogen) atoms. The number of rotatable bonds is 4. The van der Waals surface area contributed by atoms with Gasteiger partial charge in [0.15, 0.2) is 0 Å². The van der Waals surface area contributed by atoms with Crippen molar-refractivity contribution in [1.82, 2.24) is 0 Å². The maximum absolute atomic E-state index is 14.3. The topological polar surface area (TPSA) is 29.3 Å². The summed E-state index contributed by atoms with van der Waals surface area (Å²) in [5, 5.41) is 0.695. The summed E-state index contributed by atoms with van der Waals surface area (Å²) in [5.41, 5.74) is 8.21. The maximum Gasteiger partial charge on any atom is 0.146 e. The molecule has 0 bridgehead atoms. The Labute approximate surface area is 130 Å². The Balaban J connectivity index is 2.26. The lowest BCUT2D eigenvalue weighted by Crippen LogP contribution is -2.22. The maximum atomic E-state index is 14.3. The standard InChI is InChI=1S/C17H20ClFN2/c1-11(20)14-6-9-17(16(19)10-14)21(3)12(2)13-4-7-15(18)8-5-13/h4-12H,20H2,1-3H3/t11-,12?/m1/s1. The summed E-state index contributed by atoms with van der Waals surface area (Å²) in [7, 11) is 1.88. The highest BCUT2D eigenvalue weighted by molar-refractivity contribution is 6.30. The normalized spacial score (nSPS) is 13.8. The number of hydrogen-bond acceptors (Lipinski definition) is 2. The molecule has 0 saturated heterocycles. The van der Waals surface area contributed by atoms with Gasteiger partial charge in [-0.2, -0.15) is 0 Å². The second-order valence-electron chi connectivity index (χ2n) is 5.34. The molecule has 0 amide bonds. The zero-order valence-corrected chi connectivity index (χ0v) is 13.2. The molecule has 1 unspecified atom stereocenters. The van der Waals surface area contributed by atoms with Crippen LogP contribution in [-0.4, -0.2) is 7.05 Å². The molecule has 0 aliphatic carbocycles. The van der Waals surface area contributed by atoms with Crippen LogP contribution in [0.4, 0.5) is 10.1 Å². The molecular formula is C17H20ClFN2. The molecule has 2 aromatic carbocycles. The molecule has 0 saturated carbocycles. The van der Waals surface area contributed by atoms with Crippen LogP contribution in [0.3, 0.4) is 0 Å². The number of benzene rings is 2. The van der Waals surface area contributed by atoms with Gasteiger partial charge in [0.05, 0.1) is 11.7 Å². The fraction of sp³-hybridized carbons (Fsp3) is 0.294. The number of nitrogens with two attached hydrogens (primary N) is 1. The lowest BCUT2D eigenvalue weighted by atomic mass is 10.0. The molecule has 0 spiro atoms. The first-order chi connectivity index (χ1) is 9.90. The molecule has 0 heterocycles. The van der Waals surface area contributed by atoms with Gasteiger partial charge in [-0.15, -0.1) is 0 Å². The third-order valence-corrected chi connectivity index (χ3v) is 4.06. The Hall–Kier alpha value is -1.58. The second kappa shape index (κ2) is 6.46. The number of hydrogen-bond donors (Lipinski definition) is 1. The van der Waals surface area contributed by atoms with Crippen molar-refractivity contribution in [2.45, 2.75) is 25.9 Å². The van der Waals surface area contributed by atoms with Crippen molar-refractivity contribution in [3.8, 4) is 0 Å². The van der Waals surface area contributed by atoms with Crippen molar-refractivity contribution in [3.63, 3.8) is 0 Å². The van der Waals surface area contributed by atoms with Gasteiger partial charge in [-0.1, -0.05) is 29.8 Å². The fourth-order valence-corrected chi connectivity index (χ4v) is 2.39. The third-order valence-electron chi connectivity index (χ3n) is 3.81. The molecule has 2 rings (SSSR count). The minimum atomic E-state index is -0.256. The quantitative estimate of drug-likeness (QED) is 0.887. The molecule has 0 radical (unpaired) electrons. The molecule has 2 aromatic rings. The minimum Gasteiger partial charge on any atom is -0.365 e. The first-order valence-corrected chi connectivity index (χ1v) is 7.31. The van der Waals surface area contributed by atoms with E-state index >= 15 is 0 Å². The highest BCUT2D eigenvalue weighted by Crippen LogP contribution is 2.29. The predicted octanol–water partition coefficient (Wildman–Crippen LogP) is 4.70. The van der Waals surface area contributed by atoms with Crippen LogP contribution < -0.4 is 10.6 Å². The van der Waals surface area contributed by atoms with Gasteiger partial charge < -0.3 is 10.6 Å². The van der Waals surface area contributed by atoms with E-state index in [0.717, 1.165) is 11.1 Å². The molecule has 0 aliphatic rings. The highest BCUT2D eigenvalue weighted by Gasteiger charge is 2.16. The van der Waals surface area contributed by atoms with E-state index in [2.05, 4.69) is 0 Å². The van der Waals surface area contributed by atoms with Crippen molar-refractivity contribution in [2.24, 2.45) is 5.73 Å². The van der Waals surface area contributed by atoms with Crippen LogP contribution in [0.15, 0.2) is 42.5 Å². The Bertz CT molecular complexity index is 611. The summed E-state index contributed by atoms with van der Waals surface area (Å²) in [6.07, 6.45) is 0. The van der Waals surface area contributed by atoms with Gasteiger partial charge in [-0.3, -0.25) is 0 Å². The molecule has 0 aromatic heterocycles. The first kappa shape index (κ1) is 15.8. The van der Waals surface area contributed by atoms with E-state index in [4.69, 9.17) is 17.3 Å². The average molecular weight is 307 g/mol. The van der Waals surface area contributed by atoms with Gasteiger partial charge in [-0.25, -0.2) is 4.39 Å².